The van der Waals surface area contributed by atoms with Crippen molar-refractivity contribution in [3.05, 3.63) is 23.8 Å². The average Bonchev–Trinajstić information content (AvgIpc) is 2.32. The Balaban J connectivity index is 2.76. The van der Waals surface area contributed by atoms with Gasteiger partial charge in [-0.1, -0.05) is 13.8 Å². The number of hydrogen-bond acceptors (Lipinski definition) is 3. The molecule has 0 radical (unpaired) electrons. The van der Waals surface area contributed by atoms with Crippen LogP contribution in [0.2, 0.25) is 0 Å². The lowest BCUT2D eigenvalue weighted by atomic mass is 10.2. The second kappa shape index (κ2) is 6.36. The largest absolute Gasteiger partial charge is 0.397 e. The Hall–Kier alpha value is -1.85. The Morgan fingerprint density at radius 3 is 2.63 bits per heavy atom. The number of carbonyl (C=O) groups is 1. The van der Waals surface area contributed by atoms with Gasteiger partial charge in [0.2, 0.25) is 5.91 Å². The van der Waals surface area contributed by atoms with Crippen molar-refractivity contribution >= 4 is 17.3 Å². The first-order valence-electron chi connectivity index (χ1n) is 6.04. The van der Waals surface area contributed by atoms with Crippen molar-refractivity contribution < 1.29 is 13.6 Å². The molecule has 4 nitrogen and oxygen atoms in total. The molecule has 0 heterocycles. The minimum Gasteiger partial charge on any atom is -0.397 e. The fourth-order valence-electron chi connectivity index (χ4n) is 1.61. The number of nitrogen functional groups attached to an aromatic ring is 1. The highest BCUT2D eigenvalue weighted by atomic mass is 19.2. The van der Waals surface area contributed by atoms with Gasteiger partial charge < -0.3 is 16.0 Å². The SMILES string of the molecule is CC(C)CNC(=O)CN(C)c1c(N)ccc(F)c1F. The maximum absolute atomic E-state index is 13.6. The second-order valence-electron chi connectivity index (χ2n) is 4.85. The molecule has 1 aromatic rings. The number of rotatable bonds is 5. The van der Waals surface area contributed by atoms with Gasteiger partial charge in [-0.05, 0) is 18.1 Å². The van der Waals surface area contributed by atoms with Gasteiger partial charge in [-0.2, -0.15) is 0 Å². The number of nitrogens with zero attached hydrogens (tertiary/aromatic N) is 1. The first-order valence-corrected chi connectivity index (χ1v) is 6.04. The van der Waals surface area contributed by atoms with Crippen LogP contribution in [0.1, 0.15) is 13.8 Å². The van der Waals surface area contributed by atoms with Gasteiger partial charge in [-0.3, -0.25) is 4.79 Å². The number of benzene rings is 1. The van der Waals surface area contributed by atoms with Crippen LogP contribution < -0.4 is 16.0 Å². The summed E-state index contributed by atoms with van der Waals surface area (Å²) >= 11 is 0. The third kappa shape index (κ3) is 4.08. The fraction of sp³-hybridized carbons (Fsp3) is 0.462. The summed E-state index contributed by atoms with van der Waals surface area (Å²) in [7, 11) is 1.49. The number of nitrogens with one attached hydrogen (secondary N) is 1. The molecule has 3 N–H and O–H groups in total. The van der Waals surface area contributed by atoms with E-state index in [9.17, 15) is 13.6 Å². The van der Waals surface area contributed by atoms with Crippen molar-refractivity contribution in [2.45, 2.75) is 13.8 Å². The molecule has 0 spiro atoms. The molecule has 6 heteroatoms. The topological polar surface area (TPSA) is 58.4 Å². The summed E-state index contributed by atoms with van der Waals surface area (Å²) in [6, 6.07) is 2.23. The van der Waals surface area contributed by atoms with Crippen LogP contribution in [0, 0.1) is 17.6 Å². The molecule has 19 heavy (non-hydrogen) atoms. The van der Waals surface area contributed by atoms with Crippen LogP contribution >= 0.6 is 0 Å². The zero-order valence-corrected chi connectivity index (χ0v) is 11.3. The summed E-state index contributed by atoms with van der Waals surface area (Å²) in [5, 5.41) is 2.70. The van der Waals surface area contributed by atoms with Gasteiger partial charge in [0.1, 0.15) is 0 Å². The highest BCUT2D eigenvalue weighted by Crippen LogP contribution is 2.27. The van der Waals surface area contributed by atoms with Gasteiger partial charge >= 0.3 is 0 Å². The van der Waals surface area contributed by atoms with E-state index in [2.05, 4.69) is 5.32 Å². The number of anilines is 2. The Bertz CT molecular complexity index is 463. The van der Waals surface area contributed by atoms with E-state index in [1.807, 2.05) is 13.8 Å². The maximum atomic E-state index is 13.6. The highest BCUT2D eigenvalue weighted by Gasteiger charge is 2.17. The van der Waals surface area contributed by atoms with E-state index in [1.165, 1.54) is 18.0 Å². The Morgan fingerprint density at radius 1 is 1.42 bits per heavy atom. The van der Waals surface area contributed by atoms with Crippen LogP contribution in [0.25, 0.3) is 0 Å². The predicted molar refractivity (Wildman–Crippen MR) is 71.9 cm³/mol. The third-order valence-electron chi connectivity index (χ3n) is 2.57. The fourth-order valence-corrected chi connectivity index (χ4v) is 1.61. The van der Waals surface area contributed by atoms with Crippen molar-refractivity contribution in [3.8, 4) is 0 Å². The summed E-state index contributed by atoms with van der Waals surface area (Å²) in [5.74, 6) is -1.97. The second-order valence-corrected chi connectivity index (χ2v) is 4.85. The molecule has 1 amide bonds. The minimum absolute atomic E-state index is 0.0860. The number of amides is 1. The Kier molecular flexibility index (Phi) is 5.09. The molecule has 0 bridgehead atoms. The average molecular weight is 271 g/mol. The van der Waals surface area contributed by atoms with Crippen LogP contribution in [0.15, 0.2) is 12.1 Å². The first-order chi connectivity index (χ1) is 8.82. The summed E-state index contributed by atoms with van der Waals surface area (Å²) in [6.45, 7) is 4.38. The molecule has 1 aromatic carbocycles. The van der Waals surface area contributed by atoms with Crippen molar-refractivity contribution in [1.29, 1.82) is 0 Å². The number of carbonyl (C=O) groups excluding carboxylic acids is 1. The molecule has 0 fully saturated rings. The summed E-state index contributed by atoms with van der Waals surface area (Å²) in [6.07, 6.45) is 0. The van der Waals surface area contributed by atoms with Crippen LogP contribution in [-0.2, 0) is 4.79 Å². The molecule has 106 valence electrons. The van der Waals surface area contributed by atoms with Crippen LogP contribution in [0.5, 0.6) is 0 Å². The van der Waals surface area contributed by atoms with E-state index in [0.29, 0.717) is 12.5 Å². The van der Waals surface area contributed by atoms with Gasteiger partial charge in [0.05, 0.1) is 17.9 Å². The molecule has 0 saturated heterocycles. The Labute approximate surface area is 111 Å². The van der Waals surface area contributed by atoms with Crippen LogP contribution in [0.4, 0.5) is 20.2 Å². The molecule has 0 unspecified atom stereocenters. The summed E-state index contributed by atoms with van der Waals surface area (Å²) < 4.78 is 26.8. The number of likely N-dealkylation sites (N-methyl/N-ethyl adjacent to an activating group) is 1. The minimum atomic E-state index is -1.04. The molecule has 0 aliphatic rings. The van der Waals surface area contributed by atoms with E-state index in [1.54, 1.807) is 0 Å². The number of halogens is 2. The van der Waals surface area contributed by atoms with Crippen LogP contribution in [-0.4, -0.2) is 26.0 Å². The van der Waals surface area contributed by atoms with E-state index < -0.39 is 11.6 Å². The molecular formula is C13H19F2N3O. The van der Waals surface area contributed by atoms with Gasteiger partial charge in [0.15, 0.2) is 11.6 Å². The summed E-state index contributed by atoms with van der Waals surface area (Å²) in [5.41, 5.74) is 5.61. The highest BCUT2D eigenvalue weighted by molar-refractivity contribution is 5.83. The summed E-state index contributed by atoms with van der Waals surface area (Å²) in [4.78, 5) is 12.9. The van der Waals surface area contributed by atoms with E-state index in [0.717, 1.165) is 6.07 Å². The zero-order valence-electron chi connectivity index (χ0n) is 11.3. The normalized spacial score (nSPS) is 10.6. The van der Waals surface area contributed by atoms with Gasteiger partial charge in [0, 0.05) is 13.6 Å². The molecular weight excluding hydrogens is 252 g/mol. The van der Waals surface area contributed by atoms with Crippen molar-refractivity contribution in [1.82, 2.24) is 5.32 Å². The van der Waals surface area contributed by atoms with Crippen molar-refractivity contribution in [2.24, 2.45) is 5.92 Å². The first kappa shape index (κ1) is 15.2. The lowest BCUT2D eigenvalue weighted by Crippen LogP contribution is -2.37. The lowest BCUT2D eigenvalue weighted by molar-refractivity contribution is -0.119. The lowest BCUT2D eigenvalue weighted by Gasteiger charge is -2.21. The standard InChI is InChI=1S/C13H19F2N3O/c1-8(2)6-17-11(19)7-18(3)13-10(16)5-4-9(14)12(13)15/h4-5,8H,6-7,16H2,1-3H3,(H,17,19). The van der Waals surface area contributed by atoms with Gasteiger partial charge in [-0.15, -0.1) is 0 Å². The smallest absolute Gasteiger partial charge is 0.239 e. The number of hydrogen-bond donors (Lipinski definition) is 2. The van der Waals surface area contributed by atoms with E-state index in [4.69, 9.17) is 5.73 Å². The van der Waals surface area contributed by atoms with E-state index >= 15 is 0 Å². The third-order valence-corrected chi connectivity index (χ3v) is 2.57. The maximum Gasteiger partial charge on any atom is 0.239 e. The van der Waals surface area contributed by atoms with Gasteiger partial charge in [-0.25, -0.2) is 8.78 Å². The molecule has 0 aromatic heterocycles. The quantitative estimate of drug-likeness (QED) is 0.802. The monoisotopic (exact) mass is 271 g/mol. The molecule has 1 rings (SSSR count). The van der Waals surface area contributed by atoms with Gasteiger partial charge in [0.25, 0.3) is 0 Å². The van der Waals surface area contributed by atoms with E-state index in [-0.39, 0.29) is 23.8 Å². The number of nitrogens with two attached hydrogens (primary N) is 1. The predicted octanol–water partition coefficient (Wildman–Crippen LogP) is 1.76. The molecule has 0 aliphatic carbocycles. The van der Waals surface area contributed by atoms with Crippen molar-refractivity contribution in [2.75, 3.05) is 30.8 Å². The van der Waals surface area contributed by atoms with Crippen LogP contribution in [0.3, 0.4) is 0 Å². The Morgan fingerprint density at radius 2 is 2.05 bits per heavy atom. The molecule has 0 saturated carbocycles. The van der Waals surface area contributed by atoms with Crippen molar-refractivity contribution in [3.63, 3.8) is 0 Å². The molecule has 0 atom stereocenters. The molecule has 0 aliphatic heterocycles. The zero-order chi connectivity index (χ0) is 14.6.